The second-order valence-electron chi connectivity index (χ2n) is 33.3. The minimum atomic E-state index is 1.19. The Kier molecular flexibility index (Phi) is 15.8. The summed E-state index contributed by atoms with van der Waals surface area (Å²) in [4.78, 5) is 0. The Balaban J connectivity index is 0.000000134. The van der Waals surface area contributed by atoms with Crippen LogP contribution in [0.4, 0.5) is 0 Å². The second kappa shape index (κ2) is 27.9. The average Bonchev–Trinajstić information content (AvgIpc) is 0.746. The lowest BCUT2D eigenvalue weighted by Gasteiger charge is -2.17. The van der Waals surface area contributed by atoms with E-state index in [4.69, 9.17) is 0 Å². The van der Waals surface area contributed by atoms with Crippen LogP contribution in [0.5, 0.6) is 0 Å². The first-order chi connectivity index (χ1) is 60.4. The maximum absolute atomic E-state index is 2.39. The van der Waals surface area contributed by atoms with Gasteiger partial charge in [-0.1, -0.05) is 388 Å². The van der Waals surface area contributed by atoms with Crippen LogP contribution in [-0.4, -0.2) is 0 Å². The van der Waals surface area contributed by atoms with Crippen molar-refractivity contribution in [3.05, 3.63) is 449 Å². The third-order valence-electron chi connectivity index (χ3n) is 26.4. The lowest BCUT2D eigenvalue weighted by Crippen LogP contribution is -1.90. The van der Waals surface area contributed by atoms with Crippen molar-refractivity contribution in [2.75, 3.05) is 0 Å². The van der Waals surface area contributed by atoms with Crippen LogP contribution in [0.15, 0.2) is 449 Å². The molecular formula is C122H74. The van der Waals surface area contributed by atoms with E-state index in [1.54, 1.807) is 0 Å². The molecule has 562 valence electrons. The molecule has 0 N–H and O–H groups in total. The summed E-state index contributed by atoms with van der Waals surface area (Å²) in [6.07, 6.45) is 0. The fourth-order valence-corrected chi connectivity index (χ4v) is 20.5. The van der Waals surface area contributed by atoms with Crippen LogP contribution in [0.1, 0.15) is 0 Å². The van der Waals surface area contributed by atoms with Crippen LogP contribution in [0.3, 0.4) is 0 Å². The van der Waals surface area contributed by atoms with Crippen molar-refractivity contribution in [3.8, 4) is 122 Å². The van der Waals surface area contributed by atoms with Gasteiger partial charge in [-0.2, -0.15) is 0 Å². The molecule has 0 saturated heterocycles. The summed E-state index contributed by atoms with van der Waals surface area (Å²) in [5.74, 6) is 0. The van der Waals surface area contributed by atoms with Gasteiger partial charge in [0.15, 0.2) is 0 Å². The summed E-state index contributed by atoms with van der Waals surface area (Å²) in [6.45, 7) is 0. The normalized spacial score (nSPS) is 11.9. The molecular weight excluding hydrogens is 1470 g/mol. The first kappa shape index (κ1) is 69.3. The summed E-state index contributed by atoms with van der Waals surface area (Å²) >= 11 is 0. The van der Waals surface area contributed by atoms with Crippen LogP contribution in [0.2, 0.25) is 0 Å². The van der Waals surface area contributed by atoms with Crippen molar-refractivity contribution < 1.29 is 0 Å². The zero-order valence-corrected chi connectivity index (χ0v) is 66.7. The molecule has 26 aromatic carbocycles. The second-order valence-corrected chi connectivity index (χ2v) is 33.3. The monoisotopic (exact) mass is 1540 g/mol. The number of hydrogen-bond acceptors (Lipinski definition) is 0. The summed E-state index contributed by atoms with van der Waals surface area (Å²) < 4.78 is 0. The summed E-state index contributed by atoms with van der Waals surface area (Å²) in [7, 11) is 0. The molecule has 0 nitrogen and oxygen atoms in total. The molecule has 0 spiro atoms. The molecule has 26 aromatic rings. The van der Waals surface area contributed by atoms with E-state index in [-0.39, 0.29) is 0 Å². The molecule has 0 radical (unpaired) electrons. The largest absolute Gasteiger partial charge is 0.0622 e. The maximum Gasteiger partial charge on any atom is -0.00206 e. The molecule has 122 heavy (non-hydrogen) atoms. The Labute approximate surface area is 706 Å². The lowest BCUT2D eigenvalue weighted by atomic mass is 9.87. The molecule has 0 heteroatoms. The Morgan fingerprint density at radius 1 is 0.0820 bits per heavy atom. The van der Waals surface area contributed by atoms with E-state index in [0.717, 1.165) is 0 Å². The third-order valence-corrected chi connectivity index (χ3v) is 26.4. The first-order valence-electron chi connectivity index (χ1n) is 42.5. The molecule has 0 amide bonds. The van der Waals surface area contributed by atoms with Gasteiger partial charge < -0.3 is 0 Å². The fourth-order valence-electron chi connectivity index (χ4n) is 20.5. The zero-order valence-electron chi connectivity index (χ0n) is 66.7. The van der Waals surface area contributed by atoms with Crippen molar-refractivity contribution in [1.29, 1.82) is 0 Å². The quantitative estimate of drug-likeness (QED) is 0.113. The molecule has 0 heterocycles. The standard InChI is InChI=1S/C62H38.C60H36/c1-2-8-39(9-3-1)48-14-6-16-50(34-48)53-36-52(37-54(38-53)56-31-27-47-25-23-43-11-5-13-45-29-33-58(56)62(47)60(43)45)41-20-18-40(19-21-41)49-15-7-17-51(35-49)55-30-26-46-24-22-42-10-4-12-44-28-32-57(55)61(46)59(42)44;1-2-7-46-32-48(23-18-37(46)6-1)51-34-50(35-52(36-51)54-29-25-45-22-20-41-9-4-11-43-27-31-56(54)60(45)58(41)43)39-16-14-38(15-17-39)47-12-5-13-49(33-47)53-28-24-44-21-19-40-8-3-10-42-26-30-55(53)59(44)57(40)42/h1-38H;1-36H. The highest BCUT2D eigenvalue weighted by molar-refractivity contribution is 6.30. The van der Waals surface area contributed by atoms with E-state index in [2.05, 4.69) is 449 Å². The number of benzene rings is 26. The van der Waals surface area contributed by atoms with Gasteiger partial charge in [0, 0.05) is 0 Å². The highest BCUT2D eigenvalue weighted by Gasteiger charge is 2.21. The van der Waals surface area contributed by atoms with Crippen molar-refractivity contribution in [2.24, 2.45) is 0 Å². The first-order valence-corrected chi connectivity index (χ1v) is 42.5. The molecule has 26 rings (SSSR count). The van der Waals surface area contributed by atoms with Gasteiger partial charge in [0.25, 0.3) is 0 Å². The molecule has 0 aliphatic heterocycles. The molecule has 0 atom stereocenters. The predicted molar refractivity (Wildman–Crippen MR) is 525 cm³/mol. The minimum absolute atomic E-state index is 1.19. The van der Waals surface area contributed by atoms with Crippen molar-refractivity contribution in [3.63, 3.8) is 0 Å². The van der Waals surface area contributed by atoms with E-state index in [9.17, 15) is 0 Å². The molecule has 0 aliphatic carbocycles. The molecule has 0 aliphatic rings. The van der Waals surface area contributed by atoms with Crippen LogP contribution in [-0.2, 0) is 0 Å². The average molecular weight is 1540 g/mol. The lowest BCUT2D eigenvalue weighted by molar-refractivity contribution is 1.56. The minimum Gasteiger partial charge on any atom is -0.0622 e. The van der Waals surface area contributed by atoms with Crippen LogP contribution in [0.25, 0.3) is 262 Å². The van der Waals surface area contributed by atoms with Gasteiger partial charge >= 0.3 is 0 Å². The van der Waals surface area contributed by atoms with E-state index in [1.165, 1.54) is 262 Å². The number of hydrogen-bond donors (Lipinski definition) is 0. The highest BCUT2D eigenvalue weighted by Crippen LogP contribution is 2.48. The van der Waals surface area contributed by atoms with E-state index >= 15 is 0 Å². The fraction of sp³-hybridized carbons (Fsp3) is 0. The molecule has 0 aromatic heterocycles. The smallest absolute Gasteiger partial charge is 0.00206 e. The van der Waals surface area contributed by atoms with Gasteiger partial charge in [0.2, 0.25) is 0 Å². The van der Waals surface area contributed by atoms with Crippen LogP contribution >= 0.6 is 0 Å². The van der Waals surface area contributed by atoms with Gasteiger partial charge in [-0.3, -0.25) is 0 Å². The number of fused-ring (bicyclic) bond motifs is 1. The summed E-state index contributed by atoms with van der Waals surface area (Å²) in [5, 5.41) is 33.9. The van der Waals surface area contributed by atoms with Gasteiger partial charge in [-0.05, 0) is 323 Å². The van der Waals surface area contributed by atoms with Gasteiger partial charge in [-0.15, -0.1) is 0 Å². The Bertz CT molecular complexity index is 8600. The topological polar surface area (TPSA) is 0 Å². The van der Waals surface area contributed by atoms with E-state index in [0.29, 0.717) is 0 Å². The molecule has 0 bridgehead atoms. The van der Waals surface area contributed by atoms with Crippen LogP contribution < -0.4 is 0 Å². The molecule has 0 saturated carbocycles. The van der Waals surface area contributed by atoms with Gasteiger partial charge in [0.1, 0.15) is 0 Å². The summed E-state index contributed by atoms with van der Waals surface area (Å²) in [5.41, 5.74) is 26.8. The third kappa shape index (κ3) is 11.5. The Hall–Kier alpha value is -15.9. The van der Waals surface area contributed by atoms with Crippen molar-refractivity contribution in [2.45, 2.75) is 0 Å². The van der Waals surface area contributed by atoms with E-state index in [1.807, 2.05) is 0 Å². The summed E-state index contributed by atoms with van der Waals surface area (Å²) in [6, 6.07) is 167. The van der Waals surface area contributed by atoms with Crippen molar-refractivity contribution >= 4 is 140 Å². The van der Waals surface area contributed by atoms with Gasteiger partial charge in [0.05, 0.1) is 0 Å². The molecule has 0 unspecified atom stereocenters. The Morgan fingerprint density at radius 2 is 0.270 bits per heavy atom. The van der Waals surface area contributed by atoms with Crippen LogP contribution in [0, 0.1) is 0 Å². The predicted octanol–water partition coefficient (Wildman–Crippen LogP) is 34.5. The Morgan fingerprint density at radius 3 is 0.623 bits per heavy atom. The molecule has 0 fully saturated rings. The van der Waals surface area contributed by atoms with Gasteiger partial charge in [-0.25, -0.2) is 0 Å². The SMILES string of the molecule is c1cc(-c2ccc(-c3cc(-c4ccc5ccccc5c4)cc(-c4ccc5ccc6cccc7ccc4c5c67)c3)cc2)cc(-c2ccc3ccc4cccc5ccc2c3c45)c1.c1ccc(-c2cccc(-c3cc(-c4ccc(-c5cccc(-c6ccc7ccc8cccc9ccc6c7c89)c5)cc4)cc(-c4ccc5ccc6cccc7ccc4c5c67)c3)c2)cc1. The zero-order chi connectivity index (χ0) is 80.0. The number of rotatable bonds is 11. The maximum atomic E-state index is 2.39. The highest BCUT2D eigenvalue weighted by atomic mass is 14.2. The van der Waals surface area contributed by atoms with Crippen molar-refractivity contribution in [1.82, 2.24) is 0 Å². The van der Waals surface area contributed by atoms with E-state index < -0.39 is 0 Å².